The van der Waals surface area contributed by atoms with Crippen LogP contribution in [0.2, 0.25) is 0 Å². The molecule has 156 valence electrons. The summed E-state index contributed by atoms with van der Waals surface area (Å²) >= 11 is 4.58. The van der Waals surface area contributed by atoms with Crippen LogP contribution in [0.4, 0.5) is 5.69 Å². The number of anilines is 1. The first-order valence-corrected chi connectivity index (χ1v) is 11.0. The van der Waals surface area contributed by atoms with E-state index in [4.69, 9.17) is 4.42 Å². The molecule has 2 N–H and O–H groups in total. The van der Waals surface area contributed by atoms with Crippen LogP contribution < -0.4 is 10.6 Å². The van der Waals surface area contributed by atoms with Gasteiger partial charge in [-0.05, 0) is 36.4 Å². The standard InChI is InChI=1S/C22H17BrN4O3S/c23-15-8-6-14(7-9-15)18-11-10-17(30-18)13-24-27-22-26-21(29)19(31-22)12-20(28)25-16-4-2-1-3-5-16/h1-11,13,19H,12H2,(H,25,28)(H,26,27,29)/b24-13+. The summed E-state index contributed by atoms with van der Waals surface area (Å²) in [6.45, 7) is 0. The molecule has 1 saturated heterocycles. The van der Waals surface area contributed by atoms with Gasteiger partial charge in [0, 0.05) is 22.1 Å². The van der Waals surface area contributed by atoms with Crippen molar-refractivity contribution in [3.05, 3.63) is 77.0 Å². The van der Waals surface area contributed by atoms with Crippen LogP contribution in [0.5, 0.6) is 0 Å². The van der Waals surface area contributed by atoms with Crippen molar-refractivity contribution in [1.82, 2.24) is 5.32 Å². The maximum Gasteiger partial charge on any atom is 0.240 e. The van der Waals surface area contributed by atoms with Crippen LogP contribution in [0.25, 0.3) is 11.3 Å². The summed E-state index contributed by atoms with van der Waals surface area (Å²) in [5.74, 6) is 0.752. The van der Waals surface area contributed by atoms with Crippen molar-refractivity contribution >= 4 is 56.6 Å². The number of carbonyl (C=O) groups is 2. The lowest BCUT2D eigenvalue weighted by atomic mass is 10.2. The molecule has 0 spiro atoms. The quantitative estimate of drug-likeness (QED) is 0.383. The molecule has 0 bridgehead atoms. The number of para-hydroxylation sites is 1. The Balaban J connectivity index is 1.32. The number of hydrogen-bond donors (Lipinski definition) is 2. The molecule has 9 heteroatoms. The van der Waals surface area contributed by atoms with Crippen LogP contribution in [0.3, 0.4) is 0 Å². The Labute approximate surface area is 191 Å². The summed E-state index contributed by atoms with van der Waals surface area (Å²) in [4.78, 5) is 24.3. The Hall–Kier alpha value is -3.17. The zero-order chi connectivity index (χ0) is 21.6. The molecule has 31 heavy (non-hydrogen) atoms. The van der Waals surface area contributed by atoms with E-state index in [0.717, 1.165) is 15.8 Å². The van der Waals surface area contributed by atoms with Gasteiger partial charge < -0.3 is 15.1 Å². The molecule has 1 aliphatic rings. The van der Waals surface area contributed by atoms with E-state index in [-0.39, 0.29) is 18.2 Å². The number of nitrogens with one attached hydrogen (secondary N) is 2. The molecule has 2 aromatic carbocycles. The van der Waals surface area contributed by atoms with Crippen LogP contribution in [-0.4, -0.2) is 28.4 Å². The number of amidine groups is 1. The Morgan fingerprint density at radius 1 is 1.13 bits per heavy atom. The van der Waals surface area contributed by atoms with Gasteiger partial charge in [-0.2, -0.15) is 5.10 Å². The zero-order valence-electron chi connectivity index (χ0n) is 16.1. The molecule has 4 rings (SSSR count). The van der Waals surface area contributed by atoms with E-state index < -0.39 is 5.25 Å². The lowest BCUT2D eigenvalue weighted by Gasteiger charge is -2.06. The van der Waals surface area contributed by atoms with Crippen molar-refractivity contribution < 1.29 is 14.0 Å². The van der Waals surface area contributed by atoms with Crippen LogP contribution in [0, 0.1) is 0 Å². The van der Waals surface area contributed by atoms with Gasteiger partial charge in [0.1, 0.15) is 16.8 Å². The Kier molecular flexibility index (Phi) is 6.63. The fraction of sp³-hybridized carbons (Fsp3) is 0.0909. The second-order valence-electron chi connectivity index (χ2n) is 6.57. The topological polar surface area (TPSA) is 96.1 Å². The molecule has 1 unspecified atom stereocenters. The second-order valence-corrected chi connectivity index (χ2v) is 8.68. The smallest absolute Gasteiger partial charge is 0.240 e. The molecule has 1 atom stereocenters. The number of rotatable bonds is 6. The molecule has 7 nitrogen and oxygen atoms in total. The molecule has 0 saturated carbocycles. The van der Waals surface area contributed by atoms with Crippen molar-refractivity contribution in [3.63, 3.8) is 0 Å². The highest BCUT2D eigenvalue weighted by atomic mass is 79.9. The van der Waals surface area contributed by atoms with Gasteiger partial charge in [0.25, 0.3) is 0 Å². The third-order valence-electron chi connectivity index (χ3n) is 4.29. The van der Waals surface area contributed by atoms with Gasteiger partial charge in [0.2, 0.25) is 11.8 Å². The molecule has 2 amide bonds. The van der Waals surface area contributed by atoms with Gasteiger partial charge in [-0.25, -0.2) is 0 Å². The first kappa shape index (κ1) is 21.1. The number of furan rings is 1. The van der Waals surface area contributed by atoms with Gasteiger partial charge in [-0.15, -0.1) is 5.10 Å². The number of carbonyl (C=O) groups excluding carboxylic acids is 2. The number of halogens is 1. The average molecular weight is 497 g/mol. The van der Waals surface area contributed by atoms with E-state index in [1.54, 1.807) is 18.2 Å². The largest absolute Gasteiger partial charge is 0.455 e. The highest BCUT2D eigenvalue weighted by Crippen LogP contribution is 2.24. The number of thioether (sulfide) groups is 1. The number of benzene rings is 2. The molecule has 1 aromatic heterocycles. The molecular formula is C22H17BrN4O3S. The Morgan fingerprint density at radius 2 is 1.90 bits per heavy atom. The Bertz CT molecular complexity index is 1140. The lowest BCUT2D eigenvalue weighted by Crippen LogP contribution is -2.28. The SMILES string of the molecule is O=C(CC1S/C(=N/N=C/c2ccc(-c3ccc(Br)cc3)o2)NC1=O)Nc1ccccc1. The minimum Gasteiger partial charge on any atom is -0.455 e. The third kappa shape index (κ3) is 5.71. The van der Waals surface area contributed by atoms with E-state index >= 15 is 0 Å². The monoisotopic (exact) mass is 496 g/mol. The van der Waals surface area contributed by atoms with Crippen molar-refractivity contribution in [3.8, 4) is 11.3 Å². The third-order valence-corrected chi connectivity index (χ3v) is 5.89. The summed E-state index contributed by atoms with van der Waals surface area (Å²) in [6.07, 6.45) is 1.51. The molecule has 0 aliphatic carbocycles. The summed E-state index contributed by atoms with van der Waals surface area (Å²) in [5, 5.41) is 13.2. The molecule has 0 radical (unpaired) electrons. The van der Waals surface area contributed by atoms with Gasteiger partial charge >= 0.3 is 0 Å². The van der Waals surface area contributed by atoms with Crippen LogP contribution in [0.1, 0.15) is 12.2 Å². The van der Waals surface area contributed by atoms with Crippen LogP contribution in [-0.2, 0) is 9.59 Å². The highest BCUT2D eigenvalue weighted by molar-refractivity contribution is 9.10. The predicted molar refractivity (Wildman–Crippen MR) is 126 cm³/mol. The second kappa shape index (κ2) is 9.76. The van der Waals surface area contributed by atoms with E-state index in [2.05, 4.69) is 36.8 Å². The first-order chi connectivity index (χ1) is 15.1. The molecular weight excluding hydrogens is 480 g/mol. The van der Waals surface area contributed by atoms with Gasteiger partial charge in [-0.3, -0.25) is 9.59 Å². The van der Waals surface area contributed by atoms with Gasteiger partial charge in [0.05, 0.1) is 6.21 Å². The van der Waals surface area contributed by atoms with Crippen LogP contribution in [0.15, 0.2) is 85.8 Å². The maximum atomic E-state index is 12.2. The van der Waals surface area contributed by atoms with Crippen molar-refractivity contribution in [1.29, 1.82) is 0 Å². The Morgan fingerprint density at radius 3 is 2.68 bits per heavy atom. The minimum absolute atomic E-state index is 0.0445. The summed E-state index contributed by atoms with van der Waals surface area (Å²) in [6, 6.07) is 20.5. The lowest BCUT2D eigenvalue weighted by molar-refractivity contribution is -0.122. The molecule has 3 aromatic rings. The van der Waals surface area contributed by atoms with E-state index in [1.165, 1.54) is 18.0 Å². The first-order valence-electron chi connectivity index (χ1n) is 9.36. The average Bonchev–Trinajstić information content (AvgIpc) is 3.36. The van der Waals surface area contributed by atoms with Crippen molar-refractivity contribution in [2.45, 2.75) is 11.7 Å². The number of amides is 2. The highest BCUT2D eigenvalue weighted by Gasteiger charge is 2.32. The summed E-state index contributed by atoms with van der Waals surface area (Å²) < 4.78 is 6.74. The van der Waals surface area contributed by atoms with Gasteiger partial charge in [0.15, 0.2) is 5.17 Å². The predicted octanol–water partition coefficient (Wildman–Crippen LogP) is 4.66. The molecule has 2 heterocycles. The van der Waals surface area contributed by atoms with Crippen molar-refractivity contribution in [2.75, 3.05) is 5.32 Å². The van der Waals surface area contributed by atoms with Gasteiger partial charge in [-0.1, -0.05) is 58.0 Å². The molecule has 1 aliphatic heterocycles. The maximum absolute atomic E-state index is 12.2. The zero-order valence-corrected chi connectivity index (χ0v) is 18.5. The fourth-order valence-corrected chi connectivity index (χ4v) is 4.01. The van der Waals surface area contributed by atoms with Crippen LogP contribution >= 0.6 is 27.7 Å². The summed E-state index contributed by atoms with van der Waals surface area (Å²) in [7, 11) is 0. The molecule has 1 fully saturated rings. The van der Waals surface area contributed by atoms with Crippen molar-refractivity contribution in [2.24, 2.45) is 10.2 Å². The van der Waals surface area contributed by atoms with E-state index in [9.17, 15) is 9.59 Å². The number of nitrogens with zero attached hydrogens (tertiary/aromatic N) is 2. The number of hydrogen-bond acceptors (Lipinski definition) is 6. The summed E-state index contributed by atoms with van der Waals surface area (Å²) in [5.41, 5.74) is 1.64. The minimum atomic E-state index is -0.551. The van der Waals surface area contributed by atoms with E-state index in [1.807, 2.05) is 48.5 Å². The fourth-order valence-electron chi connectivity index (χ4n) is 2.82. The van der Waals surface area contributed by atoms with E-state index in [0.29, 0.717) is 16.6 Å². The normalized spacial score (nSPS) is 17.3.